The zero-order valence-electron chi connectivity index (χ0n) is 21.3. The fourth-order valence-electron chi connectivity index (χ4n) is 4.25. The van der Waals surface area contributed by atoms with Gasteiger partial charge in [-0.25, -0.2) is 23.7 Å². The Morgan fingerprint density at radius 3 is 2.60 bits per heavy atom. The number of rotatable bonds is 8. The van der Waals surface area contributed by atoms with E-state index in [1.165, 1.54) is 12.3 Å². The molecule has 12 heteroatoms. The van der Waals surface area contributed by atoms with Gasteiger partial charge in [-0.2, -0.15) is 10.4 Å². The number of nitrogens with zero attached hydrogens (tertiary/aromatic N) is 6. The number of anilines is 3. The average Bonchev–Trinajstić information content (AvgIpc) is 3.35. The number of carbonyl (C=O) groups is 1. The van der Waals surface area contributed by atoms with Crippen molar-refractivity contribution in [2.75, 3.05) is 23.7 Å². The van der Waals surface area contributed by atoms with E-state index >= 15 is 0 Å². The molecule has 3 heterocycles. The molecular formula is C28H23F2N9O. The average molecular weight is 540 g/mol. The normalized spacial score (nSPS) is 10.8. The number of hydrogen-bond donors (Lipinski definition) is 3. The van der Waals surface area contributed by atoms with E-state index in [0.717, 1.165) is 34.3 Å². The molecule has 0 fully saturated rings. The minimum atomic E-state index is -0.953. The number of benzene rings is 2. The second-order valence-electron chi connectivity index (χ2n) is 8.82. The molecule has 0 spiro atoms. The van der Waals surface area contributed by atoms with E-state index in [4.69, 9.17) is 5.73 Å². The van der Waals surface area contributed by atoms with E-state index in [-0.39, 0.29) is 30.2 Å². The first-order chi connectivity index (χ1) is 19.4. The summed E-state index contributed by atoms with van der Waals surface area (Å²) in [5, 5.41) is 19.6. The van der Waals surface area contributed by atoms with E-state index in [1.54, 1.807) is 11.1 Å². The summed E-state index contributed by atoms with van der Waals surface area (Å²) in [5.74, 6) is -1.73. The van der Waals surface area contributed by atoms with Gasteiger partial charge in [0.2, 0.25) is 0 Å². The van der Waals surface area contributed by atoms with Crippen LogP contribution in [0.15, 0.2) is 60.9 Å². The van der Waals surface area contributed by atoms with Crippen molar-refractivity contribution in [1.29, 1.82) is 5.26 Å². The Morgan fingerprint density at radius 2 is 1.88 bits per heavy atom. The van der Waals surface area contributed by atoms with Crippen LogP contribution in [-0.4, -0.2) is 44.1 Å². The molecule has 200 valence electrons. The van der Waals surface area contributed by atoms with Crippen LogP contribution in [0.2, 0.25) is 0 Å². The molecule has 3 aromatic heterocycles. The van der Waals surface area contributed by atoms with Crippen LogP contribution in [0.25, 0.3) is 22.2 Å². The lowest BCUT2D eigenvalue weighted by Gasteiger charge is -2.24. The summed E-state index contributed by atoms with van der Waals surface area (Å²) in [6.45, 7) is 2.49. The van der Waals surface area contributed by atoms with Crippen LogP contribution in [0, 0.1) is 23.0 Å². The molecule has 40 heavy (non-hydrogen) atoms. The van der Waals surface area contributed by atoms with Gasteiger partial charge in [-0.3, -0.25) is 9.89 Å². The van der Waals surface area contributed by atoms with Crippen LogP contribution in [-0.2, 0) is 6.42 Å². The second-order valence-corrected chi connectivity index (χ2v) is 8.82. The fraction of sp³-hybridized carbons (Fsp3) is 0.143. The number of hydrogen-bond acceptors (Lipinski definition) is 8. The number of aromatic amines is 1. The molecule has 10 nitrogen and oxygen atoms in total. The predicted molar refractivity (Wildman–Crippen MR) is 146 cm³/mol. The summed E-state index contributed by atoms with van der Waals surface area (Å²) < 4.78 is 26.7. The number of halogens is 2. The van der Waals surface area contributed by atoms with Crippen LogP contribution in [0.3, 0.4) is 0 Å². The molecule has 0 aliphatic carbocycles. The third-order valence-electron chi connectivity index (χ3n) is 6.29. The summed E-state index contributed by atoms with van der Waals surface area (Å²) >= 11 is 0. The lowest BCUT2D eigenvalue weighted by Crippen LogP contribution is -2.30. The highest BCUT2D eigenvalue weighted by atomic mass is 19.2. The van der Waals surface area contributed by atoms with Crippen LogP contribution >= 0.6 is 0 Å². The molecule has 4 N–H and O–H groups in total. The van der Waals surface area contributed by atoms with Gasteiger partial charge >= 0.3 is 0 Å². The van der Waals surface area contributed by atoms with Gasteiger partial charge in [-0.15, -0.1) is 0 Å². The van der Waals surface area contributed by atoms with Gasteiger partial charge < -0.3 is 16.0 Å². The van der Waals surface area contributed by atoms with Gasteiger partial charge in [0, 0.05) is 30.5 Å². The molecule has 0 saturated heterocycles. The third kappa shape index (κ3) is 5.25. The summed E-state index contributed by atoms with van der Waals surface area (Å²) in [7, 11) is 0. The number of pyridine rings is 1. The summed E-state index contributed by atoms with van der Waals surface area (Å²) in [6.07, 6.45) is 3.29. The molecule has 0 saturated carbocycles. The number of nitriles is 1. The first-order valence-corrected chi connectivity index (χ1v) is 12.3. The SMILES string of the molecule is CCN(c1ccc(-c2cnc3n[nH]c(N)c3c2)cc1)c1ncc(C#N)nc1C(=O)NCCc1ccc(F)c(F)c1. The highest BCUT2D eigenvalue weighted by molar-refractivity contribution is 5.98. The van der Waals surface area contributed by atoms with Gasteiger partial charge in [-0.05, 0) is 54.8 Å². The maximum Gasteiger partial charge on any atom is 0.273 e. The second kappa shape index (κ2) is 11.1. The zero-order chi connectivity index (χ0) is 28.2. The van der Waals surface area contributed by atoms with Gasteiger partial charge in [0.05, 0.1) is 11.6 Å². The Balaban J connectivity index is 1.38. The topological polar surface area (TPSA) is 150 Å². The number of fused-ring (bicyclic) bond motifs is 1. The molecule has 0 atom stereocenters. The lowest BCUT2D eigenvalue weighted by molar-refractivity contribution is 0.0949. The lowest BCUT2D eigenvalue weighted by atomic mass is 10.1. The molecule has 0 unspecified atom stereocenters. The molecule has 0 aliphatic rings. The van der Waals surface area contributed by atoms with Crippen molar-refractivity contribution in [2.45, 2.75) is 13.3 Å². The molecule has 2 aromatic carbocycles. The number of nitrogens with two attached hydrogens (primary N) is 1. The van der Waals surface area contributed by atoms with Crippen LogP contribution in [0.5, 0.6) is 0 Å². The minimum absolute atomic E-state index is 0.0117. The van der Waals surface area contributed by atoms with Crippen molar-refractivity contribution in [3.05, 3.63) is 89.5 Å². The molecule has 0 radical (unpaired) electrons. The summed E-state index contributed by atoms with van der Waals surface area (Å²) in [4.78, 5) is 27.9. The first kappa shape index (κ1) is 26.2. The van der Waals surface area contributed by atoms with E-state index in [9.17, 15) is 18.8 Å². The number of aromatic nitrogens is 5. The largest absolute Gasteiger partial charge is 0.384 e. The van der Waals surface area contributed by atoms with Gasteiger partial charge in [0.25, 0.3) is 5.91 Å². The number of carbonyl (C=O) groups excluding carboxylic acids is 1. The first-order valence-electron chi connectivity index (χ1n) is 12.3. The van der Waals surface area contributed by atoms with E-state index in [0.29, 0.717) is 23.6 Å². The monoisotopic (exact) mass is 539 g/mol. The van der Waals surface area contributed by atoms with Gasteiger partial charge in [-0.1, -0.05) is 18.2 Å². The predicted octanol–water partition coefficient (Wildman–Crippen LogP) is 4.28. The molecule has 1 amide bonds. The molecule has 0 aliphatic heterocycles. The van der Waals surface area contributed by atoms with Crippen molar-refractivity contribution in [3.63, 3.8) is 0 Å². The van der Waals surface area contributed by atoms with Crippen LogP contribution in [0.4, 0.5) is 26.1 Å². The molecule has 5 aromatic rings. The van der Waals surface area contributed by atoms with Crippen molar-refractivity contribution in [2.24, 2.45) is 0 Å². The Kier molecular flexibility index (Phi) is 7.28. The minimum Gasteiger partial charge on any atom is -0.384 e. The van der Waals surface area contributed by atoms with Gasteiger partial charge in [0.15, 0.2) is 34.5 Å². The van der Waals surface area contributed by atoms with E-state index in [1.807, 2.05) is 43.3 Å². The van der Waals surface area contributed by atoms with Crippen molar-refractivity contribution in [3.8, 4) is 17.2 Å². The van der Waals surface area contributed by atoms with Gasteiger partial charge in [0.1, 0.15) is 11.9 Å². The quantitative estimate of drug-likeness (QED) is 0.265. The zero-order valence-corrected chi connectivity index (χ0v) is 21.3. The van der Waals surface area contributed by atoms with Crippen molar-refractivity contribution in [1.82, 2.24) is 30.5 Å². The fourth-order valence-corrected chi connectivity index (χ4v) is 4.25. The summed E-state index contributed by atoms with van der Waals surface area (Å²) in [6, 6.07) is 15.0. The highest BCUT2D eigenvalue weighted by Crippen LogP contribution is 2.30. The third-order valence-corrected chi connectivity index (χ3v) is 6.29. The number of amides is 1. The Hall–Kier alpha value is -5.44. The number of H-pyrrole nitrogens is 1. The maximum atomic E-state index is 13.5. The van der Waals surface area contributed by atoms with Crippen molar-refractivity contribution < 1.29 is 13.6 Å². The Labute approximate surface area is 227 Å². The standard InChI is InChI=1S/C28H23F2N9O/c1-2-39(20-6-4-17(5-7-20)18-12-21-25(32)37-38-26(21)34-14-18)27-24(36-19(13-31)15-35-27)28(40)33-10-9-16-3-8-22(29)23(30)11-16/h3-8,11-12,14-15H,2,9-10H2,1H3,(H,33,40)(H3,32,34,37,38). The number of nitrogens with one attached hydrogen (secondary N) is 2. The smallest absolute Gasteiger partial charge is 0.273 e. The van der Waals surface area contributed by atoms with E-state index < -0.39 is 17.5 Å². The van der Waals surface area contributed by atoms with Crippen LogP contribution in [0.1, 0.15) is 28.7 Å². The summed E-state index contributed by atoms with van der Waals surface area (Å²) in [5.41, 5.74) is 9.46. The Bertz CT molecular complexity index is 1750. The van der Waals surface area contributed by atoms with E-state index in [2.05, 4.69) is 30.5 Å². The van der Waals surface area contributed by atoms with Crippen LogP contribution < -0.4 is 16.0 Å². The number of nitrogen functional groups attached to an aromatic ring is 1. The molecule has 0 bridgehead atoms. The highest BCUT2D eigenvalue weighted by Gasteiger charge is 2.21. The maximum absolute atomic E-state index is 13.5. The molecule has 5 rings (SSSR count). The molecular weight excluding hydrogens is 516 g/mol. The van der Waals surface area contributed by atoms with Crippen molar-refractivity contribution >= 4 is 34.3 Å². The Morgan fingerprint density at radius 1 is 1.07 bits per heavy atom.